The lowest BCUT2D eigenvalue weighted by Crippen LogP contribution is -2.49. The predicted molar refractivity (Wildman–Crippen MR) is 118 cm³/mol. The van der Waals surface area contributed by atoms with E-state index >= 15 is 0 Å². The first-order chi connectivity index (χ1) is 11.7. The number of likely N-dealkylation sites (N-methyl/N-ethyl adjacent to an activating group) is 1. The van der Waals surface area contributed by atoms with Crippen molar-refractivity contribution in [3.05, 3.63) is 35.4 Å². The summed E-state index contributed by atoms with van der Waals surface area (Å²) in [6.07, 6.45) is 0. The van der Waals surface area contributed by atoms with E-state index in [9.17, 15) is 0 Å². The summed E-state index contributed by atoms with van der Waals surface area (Å²) in [5, 5.41) is 6.80. The molecule has 0 aliphatic carbocycles. The highest BCUT2D eigenvalue weighted by atomic mass is 127. The van der Waals surface area contributed by atoms with Crippen molar-refractivity contribution in [2.45, 2.75) is 27.3 Å². The molecule has 0 amide bonds. The lowest BCUT2D eigenvalue weighted by Gasteiger charge is -2.34. The largest absolute Gasteiger partial charge is 0.357 e. The number of halogens is 1. The molecule has 6 heteroatoms. The van der Waals surface area contributed by atoms with Crippen LogP contribution in [0.1, 0.15) is 25.0 Å². The molecule has 5 nitrogen and oxygen atoms in total. The smallest absolute Gasteiger partial charge is 0.191 e. The van der Waals surface area contributed by atoms with E-state index in [1.165, 1.54) is 43.9 Å². The molecule has 2 N–H and O–H groups in total. The van der Waals surface area contributed by atoms with Gasteiger partial charge in [-0.1, -0.05) is 31.2 Å². The molecule has 0 atom stereocenters. The van der Waals surface area contributed by atoms with E-state index in [2.05, 4.69) is 65.5 Å². The number of nitrogens with zero attached hydrogens (tertiary/aromatic N) is 3. The van der Waals surface area contributed by atoms with Crippen molar-refractivity contribution in [3.8, 4) is 0 Å². The number of benzene rings is 1. The van der Waals surface area contributed by atoms with Crippen molar-refractivity contribution < 1.29 is 0 Å². The third-order valence-electron chi connectivity index (χ3n) is 4.65. The van der Waals surface area contributed by atoms with Gasteiger partial charge in [-0.05, 0) is 31.5 Å². The number of aryl methyl sites for hydroxylation is 1. The summed E-state index contributed by atoms with van der Waals surface area (Å²) in [5.41, 5.74) is 2.58. The number of rotatable bonds is 7. The van der Waals surface area contributed by atoms with E-state index in [1.54, 1.807) is 0 Å². The zero-order valence-electron chi connectivity index (χ0n) is 15.9. The Morgan fingerprint density at radius 2 is 1.72 bits per heavy atom. The van der Waals surface area contributed by atoms with Gasteiger partial charge in [-0.2, -0.15) is 0 Å². The molecule has 1 fully saturated rings. The first-order valence-electron chi connectivity index (χ1n) is 9.24. The molecule has 2 rings (SSSR count). The highest BCUT2D eigenvalue weighted by molar-refractivity contribution is 14.0. The van der Waals surface area contributed by atoms with E-state index in [0.29, 0.717) is 0 Å². The molecule has 142 valence electrons. The molecule has 0 radical (unpaired) electrons. The van der Waals surface area contributed by atoms with Gasteiger partial charge in [-0.25, -0.2) is 4.99 Å². The quantitative estimate of drug-likeness (QED) is 0.373. The van der Waals surface area contributed by atoms with Crippen LogP contribution in [0.2, 0.25) is 0 Å². The highest BCUT2D eigenvalue weighted by Crippen LogP contribution is 2.07. The molecule has 1 saturated heterocycles. The Bertz CT molecular complexity index is 512. The summed E-state index contributed by atoms with van der Waals surface area (Å²) in [4.78, 5) is 9.76. The standard InChI is InChI=1S/C19H33N5.HI/c1-4-20-19(22-16-18-9-7-6-8-17(18)3)21-10-11-24-14-12-23(5-2)13-15-24;/h6-9H,4-5,10-16H2,1-3H3,(H2,20,21,22);1H. The van der Waals surface area contributed by atoms with Crippen LogP contribution >= 0.6 is 24.0 Å². The summed E-state index contributed by atoms with van der Waals surface area (Å²) >= 11 is 0. The first kappa shape index (κ1) is 22.2. The molecular weight excluding hydrogens is 425 g/mol. The second-order valence-electron chi connectivity index (χ2n) is 6.32. The van der Waals surface area contributed by atoms with Crippen LogP contribution in [-0.2, 0) is 6.54 Å². The highest BCUT2D eigenvalue weighted by Gasteiger charge is 2.14. The third-order valence-corrected chi connectivity index (χ3v) is 4.65. The Morgan fingerprint density at radius 1 is 1.04 bits per heavy atom. The van der Waals surface area contributed by atoms with Gasteiger partial charge in [0.05, 0.1) is 6.54 Å². The second-order valence-corrected chi connectivity index (χ2v) is 6.32. The molecule has 1 heterocycles. The van der Waals surface area contributed by atoms with Crippen LogP contribution in [-0.4, -0.2) is 68.1 Å². The van der Waals surface area contributed by atoms with Gasteiger partial charge in [0.2, 0.25) is 0 Å². The molecule has 0 spiro atoms. The van der Waals surface area contributed by atoms with Gasteiger partial charge >= 0.3 is 0 Å². The summed E-state index contributed by atoms with van der Waals surface area (Å²) in [6.45, 7) is 16.0. The molecular formula is C19H34IN5. The van der Waals surface area contributed by atoms with Crippen LogP contribution in [0.4, 0.5) is 0 Å². The van der Waals surface area contributed by atoms with Gasteiger partial charge < -0.3 is 15.5 Å². The normalized spacial score (nSPS) is 16.4. The minimum atomic E-state index is 0. The van der Waals surface area contributed by atoms with Crippen molar-refractivity contribution >= 4 is 29.9 Å². The van der Waals surface area contributed by atoms with E-state index in [-0.39, 0.29) is 24.0 Å². The zero-order valence-corrected chi connectivity index (χ0v) is 18.3. The van der Waals surface area contributed by atoms with Gasteiger partial charge in [0.15, 0.2) is 5.96 Å². The molecule has 0 bridgehead atoms. The summed E-state index contributed by atoms with van der Waals surface area (Å²) < 4.78 is 0. The van der Waals surface area contributed by atoms with Crippen molar-refractivity contribution in [1.29, 1.82) is 0 Å². The van der Waals surface area contributed by atoms with Crippen LogP contribution in [0.5, 0.6) is 0 Å². The van der Waals surface area contributed by atoms with E-state index in [4.69, 9.17) is 4.99 Å². The van der Waals surface area contributed by atoms with Gasteiger partial charge in [-0.15, -0.1) is 24.0 Å². The van der Waals surface area contributed by atoms with Crippen molar-refractivity contribution in [1.82, 2.24) is 20.4 Å². The maximum absolute atomic E-state index is 4.72. The molecule has 1 aromatic carbocycles. The average Bonchev–Trinajstić information content (AvgIpc) is 2.61. The monoisotopic (exact) mass is 459 g/mol. The van der Waals surface area contributed by atoms with Crippen molar-refractivity contribution in [2.24, 2.45) is 4.99 Å². The number of hydrogen-bond acceptors (Lipinski definition) is 3. The number of nitrogens with one attached hydrogen (secondary N) is 2. The maximum atomic E-state index is 4.72. The SMILES string of the molecule is CCNC(=NCc1ccccc1C)NCCN1CCN(CC)CC1.I. The Kier molecular flexibility index (Phi) is 11.1. The van der Waals surface area contributed by atoms with Crippen LogP contribution in [0, 0.1) is 6.92 Å². The van der Waals surface area contributed by atoms with Crippen LogP contribution in [0.15, 0.2) is 29.3 Å². The fourth-order valence-electron chi connectivity index (χ4n) is 2.96. The fraction of sp³-hybridized carbons (Fsp3) is 0.632. The van der Waals surface area contributed by atoms with Gasteiger partial charge in [0, 0.05) is 45.8 Å². The molecule has 1 aliphatic rings. The van der Waals surface area contributed by atoms with Crippen molar-refractivity contribution in [3.63, 3.8) is 0 Å². The van der Waals surface area contributed by atoms with Crippen LogP contribution < -0.4 is 10.6 Å². The lowest BCUT2D eigenvalue weighted by atomic mass is 10.1. The molecule has 25 heavy (non-hydrogen) atoms. The molecule has 0 unspecified atom stereocenters. The Hall–Kier alpha value is -0.860. The molecule has 0 saturated carbocycles. The Morgan fingerprint density at radius 3 is 2.36 bits per heavy atom. The molecule has 1 aliphatic heterocycles. The van der Waals surface area contributed by atoms with Gasteiger partial charge in [-0.3, -0.25) is 4.90 Å². The maximum Gasteiger partial charge on any atom is 0.191 e. The zero-order chi connectivity index (χ0) is 17.2. The van der Waals surface area contributed by atoms with Crippen LogP contribution in [0.25, 0.3) is 0 Å². The number of hydrogen-bond donors (Lipinski definition) is 2. The van der Waals surface area contributed by atoms with E-state index in [0.717, 1.165) is 32.1 Å². The van der Waals surface area contributed by atoms with Crippen molar-refractivity contribution in [2.75, 3.05) is 52.4 Å². The molecule has 0 aromatic heterocycles. The van der Waals surface area contributed by atoms with Crippen LogP contribution in [0.3, 0.4) is 0 Å². The second kappa shape index (κ2) is 12.5. The number of guanidine groups is 1. The van der Waals surface area contributed by atoms with E-state index < -0.39 is 0 Å². The number of piperazine rings is 1. The minimum Gasteiger partial charge on any atom is -0.357 e. The minimum absolute atomic E-state index is 0. The lowest BCUT2D eigenvalue weighted by molar-refractivity contribution is 0.139. The number of aliphatic imine (C=N–C) groups is 1. The van der Waals surface area contributed by atoms with Gasteiger partial charge in [0.25, 0.3) is 0 Å². The third kappa shape index (κ3) is 7.92. The molecule has 1 aromatic rings. The topological polar surface area (TPSA) is 42.9 Å². The Labute approximate surface area is 170 Å². The average molecular weight is 459 g/mol. The fourth-order valence-corrected chi connectivity index (χ4v) is 2.96. The summed E-state index contributed by atoms with van der Waals surface area (Å²) in [7, 11) is 0. The van der Waals surface area contributed by atoms with Gasteiger partial charge in [0.1, 0.15) is 0 Å². The Balaban J connectivity index is 0.00000312. The summed E-state index contributed by atoms with van der Waals surface area (Å²) in [6, 6.07) is 8.44. The summed E-state index contributed by atoms with van der Waals surface area (Å²) in [5.74, 6) is 0.910. The van der Waals surface area contributed by atoms with E-state index in [1.807, 2.05) is 0 Å². The first-order valence-corrected chi connectivity index (χ1v) is 9.24. The predicted octanol–water partition coefficient (Wildman–Crippen LogP) is 2.31.